The Morgan fingerprint density at radius 1 is 1.10 bits per heavy atom. The minimum Gasteiger partial charge on any atom is -0.319 e. The van der Waals surface area contributed by atoms with E-state index in [0.29, 0.717) is 22.3 Å². The van der Waals surface area contributed by atoms with Crippen LogP contribution in [0.5, 0.6) is 0 Å². The number of hydrogen-bond acceptors (Lipinski definition) is 5. The Kier molecular flexibility index (Phi) is 5.45. The third-order valence-corrected chi connectivity index (χ3v) is 5.28. The molecule has 0 aliphatic rings. The maximum atomic E-state index is 13.9. The average Bonchev–Trinajstić information content (AvgIpc) is 3.12. The fraction of sp³-hybridized carbons (Fsp3) is 0.143. The SMILES string of the molecule is Cc1cc(C)n2nc(SCc3ccccc3C(=O)Nc3ccc(F)cc3F)nc2n1. The standard InChI is InChI=1S/C21H17F2N5OS/c1-12-9-13(2)28-20(24-12)26-21(27-28)30-11-14-5-3-4-6-16(14)19(29)25-18-8-7-15(22)10-17(18)23/h3-10H,11H2,1-2H3,(H,25,29). The highest BCUT2D eigenvalue weighted by Crippen LogP contribution is 2.24. The summed E-state index contributed by atoms with van der Waals surface area (Å²) in [5, 5.41) is 7.48. The number of hydrogen-bond donors (Lipinski definition) is 1. The van der Waals surface area contributed by atoms with Gasteiger partial charge in [0.1, 0.15) is 11.6 Å². The van der Waals surface area contributed by atoms with Crippen LogP contribution in [0.25, 0.3) is 5.78 Å². The molecule has 0 bridgehead atoms. The van der Waals surface area contributed by atoms with Gasteiger partial charge < -0.3 is 5.32 Å². The topological polar surface area (TPSA) is 72.2 Å². The Morgan fingerprint density at radius 3 is 2.70 bits per heavy atom. The number of halogens is 2. The summed E-state index contributed by atoms with van der Waals surface area (Å²) in [6, 6.07) is 11.9. The van der Waals surface area contributed by atoms with Crippen LogP contribution in [0.1, 0.15) is 27.3 Å². The summed E-state index contributed by atoms with van der Waals surface area (Å²) in [5.74, 6) is -1.06. The second-order valence-corrected chi connectivity index (χ2v) is 7.61. The van der Waals surface area contributed by atoms with Gasteiger partial charge in [0.05, 0.1) is 5.69 Å². The van der Waals surface area contributed by atoms with Crippen molar-refractivity contribution in [2.75, 3.05) is 5.32 Å². The lowest BCUT2D eigenvalue weighted by Crippen LogP contribution is -2.15. The van der Waals surface area contributed by atoms with Crippen LogP contribution < -0.4 is 5.32 Å². The summed E-state index contributed by atoms with van der Waals surface area (Å²) in [6.07, 6.45) is 0. The normalized spacial score (nSPS) is 11.1. The molecular weight excluding hydrogens is 408 g/mol. The third-order valence-electron chi connectivity index (χ3n) is 4.40. The quantitative estimate of drug-likeness (QED) is 0.475. The predicted octanol–water partition coefficient (Wildman–Crippen LogP) is 4.56. The van der Waals surface area contributed by atoms with Gasteiger partial charge in [-0.15, -0.1) is 5.10 Å². The molecule has 2 aromatic carbocycles. The number of aromatic nitrogens is 4. The zero-order valence-electron chi connectivity index (χ0n) is 16.2. The lowest BCUT2D eigenvalue weighted by molar-refractivity contribution is 0.102. The summed E-state index contributed by atoms with van der Waals surface area (Å²) in [7, 11) is 0. The molecular formula is C21H17F2N5OS. The van der Waals surface area contributed by atoms with Crippen LogP contribution in [0.2, 0.25) is 0 Å². The largest absolute Gasteiger partial charge is 0.319 e. The first kappa shape index (κ1) is 20.0. The lowest BCUT2D eigenvalue weighted by atomic mass is 10.1. The van der Waals surface area contributed by atoms with E-state index in [9.17, 15) is 13.6 Å². The van der Waals surface area contributed by atoms with Crippen LogP contribution in [0.3, 0.4) is 0 Å². The Morgan fingerprint density at radius 2 is 1.90 bits per heavy atom. The Balaban J connectivity index is 1.53. The Hall–Kier alpha value is -3.33. The number of aryl methyl sites for hydroxylation is 2. The van der Waals surface area contributed by atoms with Gasteiger partial charge in [0.2, 0.25) is 5.16 Å². The first-order chi connectivity index (χ1) is 14.4. The summed E-state index contributed by atoms with van der Waals surface area (Å²) in [4.78, 5) is 21.5. The van der Waals surface area contributed by atoms with Crippen LogP contribution in [-0.2, 0) is 5.75 Å². The van der Waals surface area contributed by atoms with Gasteiger partial charge in [-0.2, -0.15) is 4.98 Å². The fourth-order valence-electron chi connectivity index (χ4n) is 3.00. The molecule has 9 heteroatoms. The van der Waals surface area contributed by atoms with E-state index < -0.39 is 17.5 Å². The molecule has 0 saturated carbocycles. The van der Waals surface area contributed by atoms with Crippen LogP contribution in [0.4, 0.5) is 14.5 Å². The number of thioether (sulfide) groups is 1. The van der Waals surface area contributed by atoms with Crippen molar-refractivity contribution in [3.8, 4) is 0 Å². The number of amides is 1. The van der Waals surface area contributed by atoms with E-state index >= 15 is 0 Å². The number of anilines is 1. The Labute approximate surface area is 175 Å². The van der Waals surface area contributed by atoms with E-state index in [0.717, 1.165) is 29.1 Å². The average molecular weight is 425 g/mol. The highest BCUT2D eigenvalue weighted by atomic mass is 32.2. The van der Waals surface area contributed by atoms with Gasteiger partial charge in [0.25, 0.3) is 11.7 Å². The summed E-state index contributed by atoms with van der Waals surface area (Å²) >= 11 is 1.37. The van der Waals surface area contributed by atoms with E-state index in [1.807, 2.05) is 32.0 Å². The molecule has 1 amide bonds. The van der Waals surface area contributed by atoms with E-state index in [2.05, 4.69) is 20.4 Å². The summed E-state index contributed by atoms with van der Waals surface area (Å²) < 4.78 is 28.6. The number of carbonyl (C=O) groups is 1. The maximum absolute atomic E-state index is 13.9. The van der Waals surface area contributed by atoms with Crippen molar-refractivity contribution in [3.05, 3.63) is 82.7 Å². The molecule has 1 N–H and O–H groups in total. The number of benzene rings is 2. The van der Waals surface area contributed by atoms with Crippen molar-refractivity contribution in [1.82, 2.24) is 19.6 Å². The maximum Gasteiger partial charge on any atom is 0.256 e. The number of carbonyl (C=O) groups excluding carboxylic acids is 1. The molecule has 0 unspecified atom stereocenters. The fourth-order valence-corrected chi connectivity index (χ4v) is 3.82. The molecule has 2 aromatic heterocycles. The zero-order valence-corrected chi connectivity index (χ0v) is 17.0. The molecule has 4 aromatic rings. The first-order valence-corrected chi connectivity index (χ1v) is 10.1. The molecule has 2 heterocycles. The van der Waals surface area contributed by atoms with Crippen LogP contribution >= 0.6 is 11.8 Å². The number of nitrogens with zero attached hydrogens (tertiary/aromatic N) is 4. The van der Waals surface area contributed by atoms with Gasteiger partial charge in [-0.25, -0.2) is 18.3 Å². The van der Waals surface area contributed by atoms with Crippen molar-refractivity contribution in [2.45, 2.75) is 24.8 Å². The predicted molar refractivity (Wildman–Crippen MR) is 111 cm³/mol. The number of fused-ring (bicyclic) bond motifs is 1. The first-order valence-electron chi connectivity index (χ1n) is 9.09. The van der Waals surface area contributed by atoms with Gasteiger partial charge in [-0.05, 0) is 43.7 Å². The Bertz CT molecular complexity index is 1260. The van der Waals surface area contributed by atoms with E-state index in [1.54, 1.807) is 16.6 Å². The molecule has 0 aliphatic carbocycles. The molecule has 0 radical (unpaired) electrons. The molecule has 4 rings (SSSR count). The molecule has 0 aliphatic heterocycles. The molecule has 0 atom stereocenters. The van der Waals surface area contributed by atoms with E-state index in [-0.39, 0.29) is 5.69 Å². The molecule has 30 heavy (non-hydrogen) atoms. The molecule has 0 saturated heterocycles. The second kappa shape index (κ2) is 8.19. The molecule has 0 spiro atoms. The minimum absolute atomic E-state index is 0.0807. The highest BCUT2D eigenvalue weighted by Gasteiger charge is 2.15. The van der Waals surface area contributed by atoms with Crippen molar-refractivity contribution in [1.29, 1.82) is 0 Å². The minimum atomic E-state index is -0.831. The van der Waals surface area contributed by atoms with Gasteiger partial charge in [-0.3, -0.25) is 4.79 Å². The third kappa shape index (κ3) is 4.16. The lowest BCUT2D eigenvalue weighted by Gasteiger charge is -2.10. The van der Waals surface area contributed by atoms with Crippen LogP contribution in [0.15, 0.2) is 53.7 Å². The van der Waals surface area contributed by atoms with Crippen molar-refractivity contribution >= 4 is 29.1 Å². The van der Waals surface area contributed by atoms with Gasteiger partial charge in [-0.1, -0.05) is 30.0 Å². The summed E-state index contributed by atoms with van der Waals surface area (Å²) in [5.41, 5.74) is 2.84. The van der Waals surface area contributed by atoms with Crippen molar-refractivity contribution < 1.29 is 13.6 Å². The van der Waals surface area contributed by atoms with Crippen LogP contribution in [0, 0.1) is 25.5 Å². The molecule has 0 fully saturated rings. The zero-order chi connectivity index (χ0) is 21.3. The second-order valence-electron chi connectivity index (χ2n) is 6.67. The molecule has 152 valence electrons. The number of rotatable bonds is 5. The van der Waals surface area contributed by atoms with E-state index in [4.69, 9.17) is 0 Å². The summed E-state index contributed by atoms with van der Waals surface area (Å²) in [6.45, 7) is 3.83. The van der Waals surface area contributed by atoms with Gasteiger partial charge in [0.15, 0.2) is 0 Å². The van der Waals surface area contributed by atoms with Gasteiger partial charge in [0, 0.05) is 28.8 Å². The molecule has 6 nitrogen and oxygen atoms in total. The number of nitrogens with one attached hydrogen (secondary N) is 1. The van der Waals surface area contributed by atoms with Crippen molar-refractivity contribution in [3.63, 3.8) is 0 Å². The van der Waals surface area contributed by atoms with Gasteiger partial charge >= 0.3 is 0 Å². The van der Waals surface area contributed by atoms with E-state index in [1.165, 1.54) is 17.8 Å². The van der Waals surface area contributed by atoms with Crippen molar-refractivity contribution in [2.24, 2.45) is 0 Å². The monoisotopic (exact) mass is 425 g/mol. The highest BCUT2D eigenvalue weighted by molar-refractivity contribution is 7.98. The smallest absolute Gasteiger partial charge is 0.256 e. The van der Waals surface area contributed by atoms with Crippen LogP contribution in [-0.4, -0.2) is 25.5 Å².